The maximum atomic E-state index is 13.2. The fourth-order valence-electron chi connectivity index (χ4n) is 5.49. The van der Waals surface area contributed by atoms with E-state index < -0.39 is 0 Å². The number of hydrogen-bond acceptors (Lipinski definition) is 5. The molecule has 3 rings (SSSR count). The van der Waals surface area contributed by atoms with Crippen LogP contribution in [0.1, 0.15) is 90.5 Å². The summed E-state index contributed by atoms with van der Waals surface area (Å²) in [6, 6.07) is 8.05. The monoisotopic (exact) mass is 558 g/mol. The topological polar surface area (TPSA) is 81.8 Å². The molecule has 0 radical (unpaired) electrons. The predicted octanol–water partition coefficient (Wildman–Crippen LogP) is 6.08. The third kappa shape index (κ3) is 10.5. The SMILES string of the molecule is CCCCCCCC(NCCC(C)C)SC(C=O)CC(=O)N1CCC(N2CCc3ccccc3NC2=O)CC1. The first-order valence-corrected chi connectivity index (χ1v) is 16.1. The van der Waals surface area contributed by atoms with Crippen LogP contribution >= 0.6 is 11.8 Å². The molecule has 1 saturated heterocycles. The van der Waals surface area contributed by atoms with Crippen LogP contribution in [0, 0.1) is 5.92 Å². The summed E-state index contributed by atoms with van der Waals surface area (Å²) in [4.78, 5) is 41.9. The lowest BCUT2D eigenvalue weighted by Gasteiger charge is -2.38. The number of fused-ring (bicyclic) bond motifs is 1. The molecule has 2 N–H and O–H groups in total. The Morgan fingerprint density at radius 2 is 1.85 bits per heavy atom. The molecule has 1 fully saturated rings. The Labute approximate surface area is 240 Å². The molecule has 2 aliphatic heterocycles. The molecule has 2 unspecified atom stereocenters. The Hall–Kier alpha value is -2.06. The van der Waals surface area contributed by atoms with Crippen LogP contribution < -0.4 is 10.6 Å². The van der Waals surface area contributed by atoms with Crippen molar-refractivity contribution in [2.24, 2.45) is 5.92 Å². The summed E-state index contributed by atoms with van der Waals surface area (Å²) >= 11 is 1.63. The number of urea groups is 1. The van der Waals surface area contributed by atoms with Gasteiger partial charge in [-0.25, -0.2) is 4.79 Å². The molecule has 2 aliphatic rings. The molecular weight excluding hydrogens is 508 g/mol. The van der Waals surface area contributed by atoms with Crippen molar-refractivity contribution < 1.29 is 14.4 Å². The van der Waals surface area contributed by atoms with Crippen molar-refractivity contribution in [3.05, 3.63) is 29.8 Å². The summed E-state index contributed by atoms with van der Waals surface area (Å²) < 4.78 is 0. The molecule has 218 valence electrons. The van der Waals surface area contributed by atoms with Crippen LogP contribution in [0.2, 0.25) is 0 Å². The van der Waals surface area contributed by atoms with Gasteiger partial charge in [0.05, 0.1) is 10.6 Å². The molecule has 8 heteroatoms. The average molecular weight is 559 g/mol. The van der Waals surface area contributed by atoms with Crippen LogP contribution in [-0.2, 0) is 16.0 Å². The molecule has 39 heavy (non-hydrogen) atoms. The van der Waals surface area contributed by atoms with Gasteiger partial charge >= 0.3 is 6.03 Å². The van der Waals surface area contributed by atoms with Crippen molar-refractivity contribution in [2.75, 3.05) is 31.5 Å². The molecule has 0 saturated carbocycles. The minimum absolute atomic E-state index is 0.0483. The number of unbranched alkanes of at least 4 members (excludes halogenated alkanes) is 4. The van der Waals surface area contributed by atoms with Crippen LogP contribution in [0.15, 0.2) is 24.3 Å². The van der Waals surface area contributed by atoms with E-state index in [0.29, 0.717) is 25.6 Å². The van der Waals surface area contributed by atoms with Gasteiger partial charge < -0.3 is 25.2 Å². The summed E-state index contributed by atoms with van der Waals surface area (Å²) in [5, 5.41) is 6.58. The number of benzene rings is 1. The van der Waals surface area contributed by atoms with Crippen LogP contribution in [0.5, 0.6) is 0 Å². The third-order valence-corrected chi connectivity index (χ3v) is 9.29. The molecule has 3 amide bonds. The average Bonchev–Trinajstić information content (AvgIpc) is 3.10. The number of carbonyl (C=O) groups excluding carboxylic acids is 3. The van der Waals surface area contributed by atoms with Gasteiger partial charge in [0.2, 0.25) is 5.91 Å². The molecule has 0 aromatic heterocycles. The van der Waals surface area contributed by atoms with E-state index in [1.54, 1.807) is 11.8 Å². The molecular formula is C31H50N4O3S. The number of para-hydroxylation sites is 1. The minimum Gasteiger partial charge on any atom is -0.342 e. The first-order chi connectivity index (χ1) is 18.9. The smallest absolute Gasteiger partial charge is 0.322 e. The fourth-order valence-corrected chi connectivity index (χ4v) is 6.73. The number of piperidine rings is 1. The lowest BCUT2D eigenvalue weighted by molar-refractivity contribution is -0.133. The Morgan fingerprint density at radius 3 is 2.56 bits per heavy atom. The van der Waals surface area contributed by atoms with Gasteiger partial charge in [0.25, 0.3) is 0 Å². The number of nitrogens with one attached hydrogen (secondary N) is 2. The minimum atomic E-state index is -0.336. The molecule has 0 bridgehead atoms. The molecule has 2 atom stereocenters. The van der Waals surface area contributed by atoms with Gasteiger partial charge in [0, 0.05) is 37.8 Å². The van der Waals surface area contributed by atoms with Crippen LogP contribution in [-0.4, -0.2) is 70.9 Å². The van der Waals surface area contributed by atoms with Crippen LogP contribution in [0.25, 0.3) is 0 Å². The number of thioether (sulfide) groups is 1. The maximum Gasteiger partial charge on any atom is 0.322 e. The van der Waals surface area contributed by atoms with E-state index in [9.17, 15) is 14.4 Å². The van der Waals surface area contributed by atoms with Crippen molar-refractivity contribution in [3.8, 4) is 0 Å². The zero-order valence-electron chi connectivity index (χ0n) is 24.3. The number of likely N-dealkylation sites (tertiary alicyclic amines) is 1. The number of nitrogens with zero attached hydrogens (tertiary/aromatic N) is 2. The Balaban J connectivity index is 1.46. The second-order valence-corrected chi connectivity index (χ2v) is 12.9. The largest absolute Gasteiger partial charge is 0.342 e. The second kappa shape index (κ2) is 16.9. The maximum absolute atomic E-state index is 13.2. The first-order valence-electron chi connectivity index (χ1n) is 15.2. The van der Waals surface area contributed by atoms with Gasteiger partial charge in [0.1, 0.15) is 6.29 Å². The number of carbonyl (C=O) groups is 3. The predicted molar refractivity (Wildman–Crippen MR) is 162 cm³/mol. The molecule has 0 aliphatic carbocycles. The summed E-state index contributed by atoms with van der Waals surface area (Å²) in [5.41, 5.74) is 2.06. The summed E-state index contributed by atoms with van der Waals surface area (Å²) in [6.45, 7) is 9.56. The van der Waals surface area contributed by atoms with Crippen LogP contribution in [0.4, 0.5) is 10.5 Å². The Kier molecular flexibility index (Phi) is 13.6. The quantitative estimate of drug-likeness (QED) is 0.146. The standard InChI is InChI=1S/C31H50N4O3S/c1-4-5-6-7-8-13-29(32-18-14-24(2)3)39-27(23-36)22-30(37)34-19-16-26(17-20-34)35-21-15-25-11-9-10-12-28(25)33-31(35)38/h9-12,23-24,26-27,29,32H,4-8,13-22H2,1-3H3,(H,33,38). The van der Waals surface area contributed by atoms with Gasteiger partial charge in [0.15, 0.2) is 0 Å². The number of amides is 3. The fraction of sp³-hybridized carbons (Fsp3) is 0.710. The number of rotatable bonds is 16. The van der Waals surface area contributed by atoms with Crippen LogP contribution in [0.3, 0.4) is 0 Å². The van der Waals surface area contributed by atoms with Gasteiger partial charge in [-0.2, -0.15) is 0 Å². The molecule has 1 aromatic carbocycles. The zero-order valence-corrected chi connectivity index (χ0v) is 25.1. The van der Waals surface area contributed by atoms with Crippen molar-refractivity contribution in [3.63, 3.8) is 0 Å². The van der Waals surface area contributed by atoms with Crippen molar-refractivity contribution in [1.29, 1.82) is 0 Å². The number of anilines is 1. The summed E-state index contributed by atoms with van der Waals surface area (Å²) in [5.74, 6) is 0.685. The van der Waals surface area contributed by atoms with Crippen molar-refractivity contribution >= 4 is 35.7 Å². The molecule has 2 heterocycles. The van der Waals surface area contributed by atoms with E-state index in [-0.39, 0.29) is 35.0 Å². The van der Waals surface area contributed by atoms with E-state index in [4.69, 9.17) is 0 Å². The first kappa shape index (κ1) is 31.5. The lowest BCUT2D eigenvalue weighted by atomic mass is 10.0. The third-order valence-electron chi connectivity index (χ3n) is 7.93. The number of hydrogen-bond donors (Lipinski definition) is 2. The van der Waals surface area contributed by atoms with Crippen molar-refractivity contribution in [2.45, 2.75) is 108 Å². The highest BCUT2D eigenvalue weighted by atomic mass is 32.2. The molecule has 1 aromatic rings. The normalized spacial score (nSPS) is 17.9. The van der Waals surface area contributed by atoms with Crippen molar-refractivity contribution in [1.82, 2.24) is 15.1 Å². The van der Waals surface area contributed by atoms with E-state index in [0.717, 1.165) is 62.6 Å². The molecule has 7 nitrogen and oxygen atoms in total. The van der Waals surface area contributed by atoms with Gasteiger partial charge in [-0.15, -0.1) is 11.8 Å². The molecule has 0 spiro atoms. The second-order valence-electron chi connectivity index (χ2n) is 11.5. The van der Waals surface area contributed by atoms with E-state index in [1.807, 2.05) is 28.0 Å². The summed E-state index contributed by atoms with van der Waals surface area (Å²) in [6.07, 6.45) is 11.8. The van der Waals surface area contributed by atoms with Gasteiger partial charge in [-0.05, 0) is 56.2 Å². The Bertz CT molecular complexity index is 904. The van der Waals surface area contributed by atoms with E-state index >= 15 is 0 Å². The lowest BCUT2D eigenvalue weighted by Crippen LogP contribution is -2.50. The summed E-state index contributed by atoms with van der Waals surface area (Å²) in [7, 11) is 0. The highest BCUT2D eigenvalue weighted by Crippen LogP contribution is 2.27. The van der Waals surface area contributed by atoms with E-state index in [2.05, 4.69) is 37.5 Å². The highest BCUT2D eigenvalue weighted by molar-refractivity contribution is 8.01. The Morgan fingerprint density at radius 1 is 1.10 bits per heavy atom. The van der Waals surface area contributed by atoms with Gasteiger partial charge in [-0.1, -0.05) is 71.1 Å². The highest BCUT2D eigenvalue weighted by Gasteiger charge is 2.32. The van der Waals surface area contributed by atoms with E-state index in [1.165, 1.54) is 25.7 Å². The number of aldehydes is 1. The van der Waals surface area contributed by atoms with Gasteiger partial charge in [-0.3, -0.25) is 4.79 Å². The zero-order chi connectivity index (χ0) is 28.0.